The van der Waals surface area contributed by atoms with Gasteiger partial charge in [-0.25, -0.2) is 9.82 Å². The van der Waals surface area contributed by atoms with Gasteiger partial charge in [0.05, 0.1) is 23.5 Å². The van der Waals surface area contributed by atoms with Gasteiger partial charge < -0.3 is 14.8 Å². The number of amides is 2. The summed E-state index contributed by atoms with van der Waals surface area (Å²) in [4.78, 5) is 23.9. The third-order valence-corrected chi connectivity index (χ3v) is 5.22. The van der Waals surface area contributed by atoms with Gasteiger partial charge in [0, 0.05) is 0 Å². The Balaban J connectivity index is 1.57. The number of benzene rings is 3. The lowest BCUT2D eigenvalue weighted by atomic mass is 10.2. The molecule has 34 heavy (non-hydrogen) atoms. The highest BCUT2D eigenvalue weighted by Crippen LogP contribution is 2.36. The van der Waals surface area contributed by atoms with E-state index < -0.39 is 24.1 Å². The Bertz CT molecular complexity index is 1200. The largest absolute Gasteiger partial charge is 0.493 e. The number of nitrogens with zero attached hydrogens (tertiary/aromatic N) is 1. The summed E-state index contributed by atoms with van der Waals surface area (Å²) in [6.07, 6.45) is 0.897. The van der Waals surface area contributed by atoms with Crippen LogP contribution in [0.15, 0.2) is 70.2 Å². The highest BCUT2D eigenvalue weighted by atomic mass is 79.9. The molecule has 0 fully saturated rings. The van der Waals surface area contributed by atoms with E-state index in [0.717, 1.165) is 5.56 Å². The summed E-state index contributed by atoms with van der Waals surface area (Å²) in [7, 11) is 1.53. The Kier molecular flexibility index (Phi) is 8.75. The van der Waals surface area contributed by atoms with Crippen LogP contribution in [-0.4, -0.2) is 25.1 Å². The van der Waals surface area contributed by atoms with E-state index in [2.05, 4.69) is 31.8 Å². The maximum absolute atomic E-state index is 13.6. The van der Waals surface area contributed by atoms with Gasteiger partial charge in [-0.05, 0) is 58.2 Å². The Morgan fingerprint density at radius 2 is 1.82 bits per heavy atom. The van der Waals surface area contributed by atoms with Crippen molar-refractivity contribution in [1.29, 1.82) is 0 Å². The van der Waals surface area contributed by atoms with Crippen LogP contribution in [0.2, 0.25) is 0 Å². The first-order valence-electron chi connectivity index (χ1n) is 10.3. The second-order valence-corrected chi connectivity index (χ2v) is 8.16. The molecule has 0 saturated heterocycles. The molecule has 3 aromatic carbocycles. The average molecular weight is 528 g/mol. The second-order valence-electron chi connectivity index (χ2n) is 7.31. The first-order valence-corrected chi connectivity index (χ1v) is 11.1. The highest BCUT2D eigenvalue weighted by molar-refractivity contribution is 9.10. The summed E-state index contributed by atoms with van der Waals surface area (Å²) in [5.41, 5.74) is 5.10. The molecule has 0 unspecified atom stereocenters. The van der Waals surface area contributed by atoms with Crippen molar-refractivity contribution in [3.8, 4) is 11.5 Å². The quantitative estimate of drug-likeness (QED) is 0.234. The molecule has 7 nitrogen and oxygen atoms in total. The number of carbonyl (C=O) groups is 2. The number of rotatable bonds is 9. The Hall–Kier alpha value is -3.72. The Labute approximate surface area is 205 Å². The van der Waals surface area contributed by atoms with E-state index in [1.807, 2.05) is 31.2 Å². The average Bonchev–Trinajstić information content (AvgIpc) is 2.80. The fourth-order valence-corrected chi connectivity index (χ4v) is 3.49. The van der Waals surface area contributed by atoms with Crippen molar-refractivity contribution in [1.82, 2.24) is 5.43 Å². The van der Waals surface area contributed by atoms with E-state index in [9.17, 15) is 14.0 Å². The van der Waals surface area contributed by atoms with Crippen molar-refractivity contribution >= 4 is 39.6 Å². The monoisotopic (exact) mass is 527 g/mol. The second kappa shape index (κ2) is 11.9. The van der Waals surface area contributed by atoms with E-state index in [1.165, 1.54) is 37.1 Å². The fraction of sp³-hybridized carbons (Fsp3) is 0.160. The summed E-state index contributed by atoms with van der Waals surface area (Å²) >= 11 is 3.48. The number of methoxy groups -OCH3 is 1. The van der Waals surface area contributed by atoms with Crippen LogP contribution in [0, 0.1) is 12.7 Å². The van der Waals surface area contributed by atoms with Crippen molar-refractivity contribution in [2.45, 2.75) is 20.0 Å². The van der Waals surface area contributed by atoms with Crippen molar-refractivity contribution in [3.63, 3.8) is 0 Å². The van der Waals surface area contributed by atoms with Crippen LogP contribution in [0.1, 0.15) is 23.1 Å². The number of para-hydroxylation sites is 1. The van der Waals surface area contributed by atoms with Crippen molar-refractivity contribution in [3.05, 3.63) is 87.6 Å². The number of aryl methyl sites for hydroxylation is 1. The summed E-state index contributed by atoms with van der Waals surface area (Å²) in [6.45, 7) is 2.39. The number of carbonyl (C=O) groups excluding carboxylic acids is 2. The lowest BCUT2D eigenvalue weighted by Crippen LogP contribution is -2.24. The molecule has 0 aliphatic rings. The first kappa shape index (κ1) is 24.9. The molecule has 3 rings (SSSR count). The highest BCUT2D eigenvalue weighted by Gasteiger charge is 2.13. The van der Waals surface area contributed by atoms with Crippen LogP contribution < -0.4 is 20.2 Å². The zero-order valence-electron chi connectivity index (χ0n) is 18.6. The van der Waals surface area contributed by atoms with Crippen LogP contribution in [0.25, 0.3) is 0 Å². The molecule has 0 aromatic heterocycles. The molecule has 0 aliphatic carbocycles. The van der Waals surface area contributed by atoms with Gasteiger partial charge in [0.25, 0.3) is 0 Å². The molecule has 2 N–H and O–H groups in total. The molecule has 0 radical (unpaired) electrons. The number of hydrogen-bond acceptors (Lipinski definition) is 5. The van der Waals surface area contributed by atoms with Gasteiger partial charge in [0.1, 0.15) is 18.8 Å². The topological polar surface area (TPSA) is 89.0 Å². The van der Waals surface area contributed by atoms with Crippen LogP contribution in [0.5, 0.6) is 11.5 Å². The van der Waals surface area contributed by atoms with E-state index in [-0.39, 0.29) is 5.69 Å². The molecule has 0 heterocycles. The summed E-state index contributed by atoms with van der Waals surface area (Å²) in [6, 6.07) is 17.2. The maximum atomic E-state index is 13.6. The zero-order valence-corrected chi connectivity index (χ0v) is 20.2. The minimum absolute atomic E-state index is 0.00503. The summed E-state index contributed by atoms with van der Waals surface area (Å²) < 4.78 is 25.6. The molecule has 0 aliphatic heterocycles. The molecule has 3 aromatic rings. The van der Waals surface area contributed by atoms with E-state index in [4.69, 9.17) is 9.47 Å². The molecule has 0 atom stereocenters. The molecule has 2 amide bonds. The number of anilines is 1. The van der Waals surface area contributed by atoms with Crippen LogP contribution in [-0.2, 0) is 16.2 Å². The fourth-order valence-electron chi connectivity index (χ4n) is 2.92. The normalized spacial score (nSPS) is 10.7. The molecular weight excluding hydrogens is 505 g/mol. The first-order chi connectivity index (χ1) is 16.4. The predicted molar refractivity (Wildman–Crippen MR) is 132 cm³/mol. The summed E-state index contributed by atoms with van der Waals surface area (Å²) in [5, 5.41) is 6.21. The van der Waals surface area contributed by atoms with E-state index >= 15 is 0 Å². The minimum atomic E-state index is -0.655. The van der Waals surface area contributed by atoms with Gasteiger partial charge in [-0.2, -0.15) is 5.10 Å². The molecular formula is C25H23BrFN3O4. The van der Waals surface area contributed by atoms with Crippen molar-refractivity contribution in [2.75, 3.05) is 12.4 Å². The van der Waals surface area contributed by atoms with Crippen molar-refractivity contribution < 1.29 is 23.5 Å². The van der Waals surface area contributed by atoms with Crippen LogP contribution >= 0.6 is 15.9 Å². The predicted octanol–water partition coefficient (Wildman–Crippen LogP) is 4.96. The number of halogens is 2. The number of hydrazone groups is 1. The molecule has 0 spiro atoms. The third-order valence-electron chi connectivity index (χ3n) is 4.63. The molecule has 9 heteroatoms. The Morgan fingerprint density at radius 1 is 1.09 bits per heavy atom. The van der Waals surface area contributed by atoms with Crippen LogP contribution in [0.4, 0.5) is 10.1 Å². The van der Waals surface area contributed by atoms with Gasteiger partial charge in [-0.3, -0.25) is 9.59 Å². The van der Waals surface area contributed by atoms with Gasteiger partial charge in [0.15, 0.2) is 11.5 Å². The lowest BCUT2D eigenvalue weighted by Gasteiger charge is -2.13. The SMILES string of the molecule is COc1cc(C=NNC(=O)CC(=O)Nc2ccccc2F)cc(Br)c1OCc1ccc(C)cc1. The van der Waals surface area contributed by atoms with Crippen molar-refractivity contribution in [2.24, 2.45) is 5.10 Å². The van der Waals surface area contributed by atoms with Gasteiger partial charge in [0.2, 0.25) is 11.8 Å². The molecule has 176 valence electrons. The minimum Gasteiger partial charge on any atom is -0.493 e. The van der Waals surface area contributed by atoms with Gasteiger partial charge >= 0.3 is 0 Å². The molecule has 0 saturated carbocycles. The standard InChI is InChI=1S/C25H23BrFN3O4/c1-16-7-9-17(10-8-16)15-34-25-19(26)11-18(12-22(25)33-2)14-28-30-24(32)13-23(31)29-21-6-4-3-5-20(21)27/h3-12,14H,13,15H2,1-2H3,(H,29,31)(H,30,32). The van der Waals surface area contributed by atoms with E-state index in [0.29, 0.717) is 28.1 Å². The summed E-state index contributed by atoms with van der Waals surface area (Å²) in [5.74, 6) is -0.862. The van der Waals surface area contributed by atoms with E-state index in [1.54, 1.807) is 18.2 Å². The van der Waals surface area contributed by atoms with Crippen LogP contribution in [0.3, 0.4) is 0 Å². The zero-order chi connectivity index (χ0) is 24.5. The maximum Gasteiger partial charge on any atom is 0.249 e. The number of hydrogen-bond donors (Lipinski definition) is 2. The number of nitrogens with one attached hydrogen (secondary N) is 2. The lowest BCUT2D eigenvalue weighted by molar-refractivity contribution is -0.126. The Morgan fingerprint density at radius 3 is 2.53 bits per heavy atom. The molecule has 0 bridgehead atoms. The van der Waals surface area contributed by atoms with Gasteiger partial charge in [-0.15, -0.1) is 0 Å². The number of ether oxygens (including phenoxy) is 2. The third kappa shape index (κ3) is 7.14. The smallest absolute Gasteiger partial charge is 0.249 e. The van der Waals surface area contributed by atoms with Gasteiger partial charge in [-0.1, -0.05) is 42.0 Å².